The maximum absolute atomic E-state index is 12.4. The number of hydrogen-bond donors (Lipinski definition) is 1. The molecule has 2 aromatic rings. The topological polar surface area (TPSA) is 111 Å². The summed E-state index contributed by atoms with van der Waals surface area (Å²) in [6.45, 7) is 4.78. The zero-order valence-electron chi connectivity index (χ0n) is 12.0. The Hall–Kier alpha value is -1.74. The van der Waals surface area contributed by atoms with Crippen LogP contribution in [0.15, 0.2) is 13.9 Å². The Morgan fingerprint density at radius 1 is 1.24 bits per heavy atom. The lowest BCUT2D eigenvalue weighted by molar-refractivity contribution is 0.349. The van der Waals surface area contributed by atoms with Gasteiger partial charge in [-0.05, 0) is 33.6 Å². The van der Waals surface area contributed by atoms with Crippen LogP contribution in [0.25, 0.3) is 0 Å². The Labute approximate surface area is 121 Å². The van der Waals surface area contributed by atoms with Gasteiger partial charge in [0.05, 0.1) is 6.04 Å². The molecule has 9 heteroatoms. The highest BCUT2D eigenvalue weighted by Crippen LogP contribution is 2.38. The van der Waals surface area contributed by atoms with Gasteiger partial charge in [-0.15, -0.1) is 0 Å². The van der Waals surface area contributed by atoms with E-state index >= 15 is 0 Å². The van der Waals surface area contributed by atoms with Gasteiger partial charge in [0.25, 0.3) is 0 Å². The highest BCUT2D eigenvalue weighted by atomic mass is 32.2. The molecule has 0 radical (unpaired) electrons. The lowest BCUT2D eigenvalue weighted by Gasteiger charge is -2.09. The zero-order valence-corrected chi connectivity index (χ0v) is 12.8. The monoisotopic (exact) mass is 312 g/mol. The van der Waals surface area contributed by atoms with Gasteiger partial charge in [0, 0.05) is 5.92 Å². The van der Waals surface area contributed by atoms with Gasteiger partial charge in [0.15, 0.2) is 11.6 Å². The van der Waals surface area contributed by atoms with E-state index in [4.69, 9.17) is 9.05 Å². The summed E-state index contributed by atoms with van der Waals surface area (Å²) in [5.41, 5.74) is 0.316. The van der Waals surface area contributed by atoms with Crippen LogP contribution in [0.5, 0.6) is 0 Å². The minimum Gasteiger partial charge on any atom is -0.360 e. The predicted octanol–water partition coefficient (Wildman–Crippen LogP) is 1.59. The molecule has 0 bridgehead atoms. The number of nitrogens with one attached hydrogen (secondary N) is 1. The maximum Gasteiger partial charge on any atom is 0.246 e. The number of hydrogen-bond acceptors (Lipinski definition) is 7. The molecule has 1 aliphatic rings. The second-order valence-electron chi connectivity index (χ2n) is 5.26. The molecule has 1 atom stereocenters. The predicted molar refractivity (Wildman–Crippen MR) is 71.0 cm³/mol. The molecular weight excluding hydrogens is 296 g/mol. The van der Waals surface area contributed by atoms with Crippen LogP contribution in [0, 0.1) is 13.8 Å². The van der Waals surface area contributed by atoms with E-state index in [1.54, 1.807) is 20.8 Å². The van der Waals surface area contributed by atoms with Crippen LogP contribution >= 0.6 is 0 Å². The zero-order chi connectivity index (χ0) is 15.2. The summed E-state index contributed by atoms with van der Waals surface area (Å²) < 4.78 is 37.3. The molecule has 21 heavy (non-hydrogen) atoms. The van der Waals surface area contributed by atoms with Gasteiger partial charge in [0.2, 0.25) is 15.9 Å². The van der Waals surface area contributed by atoms with Crippen LogP contribution in [-0.2, 0) is 10.0 Å². The lowest BCUT2D eigenvalue weighted by atomic mass is 10.3. The fraction of sp³-hybridized carbons (Fsp3) is 0.583. The van der Waals surface area contributed by atoms with Crippen molar-refractivity contribution < 1.29 is 17.5 Å². The van der Waals surface area contributed by atoms with Crippen LogP contribution in [0.1, 0.15) is 54.9 Å². The van der Waals surface area contributed by atoms with Crippen LogP contribution in [-0.4, -0.2) is 23.7 Å². The second kappa shape index (κ2) is 4.92. The molecule has 2 heterocycles. The first-order chi connectivity index (χ1) is 9.88. The largest absolute Gasteiger partial charge is 0.360 e. The first-order valence-corrected chi connectivity index (χ1v) is 8.15. The number of sulfonamides is 1. The minimum absolute atomic E-state index is 0.0521. The Morgan fingerprint density at radius 3 is 2.52 bits per heavy atom. The molecule has 1 aliphatic carbocycles. The van der Waals surface area contributed by atoms with Crippen LogP contribution in [0.2, 0.25) is 0 Å². The van der Waals surface area contributed by atoms with E-state index in [9.17, 15) is 8.42 Å². The molecule has 1 saturated carbocycles. The molecule has 114 valence electrons. The highest BCUT2D eigenvalue weighted by Gasteiger charge is 2.31. The van der Waals surface area contributed by atoms with Crippen molar-refractivity contribution in [3.63, 3.8) is 0 Å². The Morgan fingerprint density at radius 2 is 1.95 bits per heavy atom. The molecule has 1 unspecified atom stereocenters. The van der Waals surface area contributed by atoms with Crippen molar-refractivity contribution in [1.82, 2.24) is 20.0 Å². The molecule has 0 spiro atoms. The minimum atomic E-state index is -3.76. The van der Waals surface area contributed by atoms with E-state index in [2.05, 4.69) is 20.0 Å². The van der Waals surface area contributed by atoms with Gasteiger partial charge in [-0.25, -0.2) is 8.42 Å². The van der Waals surface area contributed by atoms with Gasteiger partial charge >= 0.3 is 0 Å². The van der Waals surface area contributed by atoms with Crippen molar-refractivity contribution in [2.24, 2.45) is 0 Å². The average molecular weight is 312 g/mol. The fourth-order valence-corrected chi connectivity index (χ4v) is 3.66. The third kappa shape index (κ3) is 2.70. The van der Waals surface area contributed by atoms with Crippen LogP contribution in [0.3, 0.4) is 0 Å². The van der Waals surface area contributed by atoms with Crippen molar-refractivity contribution in [2.75, 3.05) is 0 Å². The fourth-order valence-electron chi connectivity index (χ4n) is 2.13. The van der Waals surface area contributed by atoms with Crippen LogP contribution < -0.4 is 4.72 Å². The van der Waals surface area contributed by atoms with Crippen molar-refractivity contribution in [3.05, 3.63) is 23.2 Å². The smallest absolute Gasteiger partial charge is 0.246 e. The first kappa shape index (κ1) is 14.2. The van der Waals surface area contributed by atoms with Crippen molar-refractivity contribution in [3.8, 4) is 0 Å². The van der Waals surface area contributed by atoms with Crippen LogP contribution in [0.4, 0.5) is 0 Å². The number of rotatable bonds is 5. The molecule has 2 aromatic heterocycles. The maximum atomic E-state index is 12.4. The summed E-state index contributed by atoms with van der Waals surface area (Å²) in [6, 6.07) is -0.622. The molecule has 0 amide bonds. The summed E-state index contributed by atoms with van der Waals surface area (Å²) in [7, 11) is -3.76. The van der Waals surface area contributed by atoms with Gasteiger partial charge < -0.3 is 9.05 Å². The summed E-state index contributed by atoms with van der Waals surface area (Å²) in [5.74, 6) is 1.51. The van der Waals surface area contributed by atoms with Crippen molar-refractivity contribution in [2.45, 2.75) is 50.5 Å². The second-order valence-corrected chi connectivity index (χ2v) is 6.91. The van der Waals surface area contributed by atoms with E-state index in [0.29, 0.717) is 17.4 Å². The summed E-state index contributed by atoms with van der Waals surface area (Å²) in [6.07, 6.45) is 2.11. The molecule has 8 nitrogen and oxygen atoms in total. The van der Waals surface area contributed by atoms with Gasteiger partial charge in [0.1, 0.15) is 10.6 Å². The number of nitrogens with zero attached hydrogens (tertiary/aromatic N) is 3. The first-order valence-electron chi connectivity index (χ1n) is 6.67. The molecule has 0 aliphatic heterocycles. The van der Waals surface area contributed by atoms with E-state index < -0.39 is 16.1 Å². The standard InChI is InChI=1S/C12H16N4O4S/c1-6-10(8(3)19-14-6)21(17,18)16-7(2)12-13-11(15-20-12)9-4-5-9/h7,9,16H,4-5H2,1-3H3. The Kier molecular flexibility index (Phi) is 3.33. The molecule has 1 N–H and O–H groups in total. The summed E-state index contributed by atoms with van der Waals surface area (Å²) in [4.78, 5) is 4.29. The van der Waals surface area contributed by atoms with E-state index in [-0.39, 0.29) is 16.5 Å². The van der Waals surface area contributed by atoms with E-state index in [0.717, 1.165) is 12.8 Å². The van der Waals surface area contributed by atoms with Gasteiger partial charge in [-0.2, -0.15) is 9.71 Å². The molecular formula is C12H16N4O4S. The SMILES string of the molecule is Cc1noc(C)c1S(=O)(=O)NC(C)c1nc(C2CC2)no1. The number of aryl methyl sites for hydroxylation is 2. The van der Waals surface area contributed by atoms with Crippen molar-refractivity contribution >= 4 is 10.0 Å². The van der Waals surface area contributed by atoms with E-state index in [1.807, 2.05) is 0 Å². The molecule has 0 aromatic carbocycles. The van der Waals surface area contributed by atoms with Gasteiger partial charge in [-0.1, -0.05) is 10.3 Å². The third-order valence-corrected chi connectivity index (χ3v) is 5.12. The lowest BCUT2D eigenvalue weighted by Crippen LogP contribution is -2.27. The third-order valence-electron chi connectivity index (χ3n) is 3.34. The van der Waals surface area contributed by atoms with Crippen molar-refractivity contribution in [1.29, 1.82) is 0 Å². The summed E-state index contributed by atoms with van der Waals surface area (Å²) in [5, 5.41) is 7.53. The average Bonchev–Trinajstić information content (AvgIpc) is 3.01. The van der Waals surface area contributed by atoms with E-state index in [1.165, 1.54) is 0 Å². The highest BCUT2D eigenvalue weighted by molar-refractivity contribution is 7.89. The molecule has 3 rings (SSSR count). The quantitative estimate of drug-likeness (QED) is 0.892. The normalized spacial score (nSPS) is 17.1. The Balaban J connectivity index is 1.81. The Bertz CT molecular complexity index is 741. The molecule has 0 saturated heterocycles. The summed E-state index contributed by atoms with van der Waals surface area (Å²) >= 11 is 0. The molecule has 1 fully saturated rings. The van der Waals surface area contributed by atoms with Gasteiger partial charge in [-0.3, -0.25) is 0 Å². The number of aromatic nitrogens is 3.